The molecular weight excluding hydrogens is 312 g/mol. The number of pyridine rings is 1. The Kier molecular flexibility index (Phi) is 5.09. The number of amides is 1. The SMILES string of the molecule is Cn1cccc(CNC(=O)C(c2ccccc2)c2ccccc2)c1=O. The summed E-state index contributed by atoms with van der Waals surface area (Å²) in [5, 5.41) is 2.91. The zero-order valence-corrected chi connectivity index (χ0v) is 14.1. The first kappa shape index (κ1) is 16.7. The number of rotatable bonds is 5. The van der Waals surface area contributed by atoms with Crippen LogP contribution in [-0.2, 0) is 18.4 Å². The summed E-state index contributed by atoms with van der Waals surface area (Å²) >= 11 is 0. The van der Waals surface area contributed by atoms with Crippen molar-refractivity contribution in [2.45, 2.75) is 12.5 Å². The van der Waals surface area contributed by atoms with Crippen LogP contribution in [-0.4, -0.2) is 10.5 Å². The molecule has 1 N–H and O–H groups in total. The molecular formula is C21H20N2O2. The highest BCUT2D eigenvalue weighted by atomic mass is 16.2. The molecule has 0 aliphatic carbocycles. The van der Waals surface area contributed by atoms with Gasteiger partial charge in [-0.1, -0.05) is 66.7 Å². The molecule has 25 heavy (non-hydrogen) atoms. The van der Waals surface area contributed by atoms with E-state index in [2.05, 4.69) is 5.32 Å². The normalized spacial score (nSPS) is 10.6. The van der Waals surface area contributed by atoms with Gasteiger partial charge in [0.25, 0.3) is 5.56 Å². The maximum Gasteiger partial charge on any atom is 0.255 e. The third-order valence-corrected chi connectivity index (χ3v) is 4.18. The molecule has 3 aromatic rings. The zero-order chi connectivity index (χ0) is 17.6. The van der Waals surface area contributed by atoms with Crippen LogP contribution in [0.1, 0.15) is 22.6 Å². The Morgan fingerprint density at radius 3 is 2.04 bits per heavy atom. The molecule has 0 unspecified atom stereocenters. The van der Waals surface area contributed by atoms with Crippen LogP contribution in [0.25, 0.3) is 0 Å². The maximum absolute atomic E-state index is 12.9. The molecule has 2 aromatic carbocycles. The van der Waals surface area contributed by atoms with Gasteiger partial charge < -0.3 is 9.88 Å². The van der Waals surface area contributed by atoms with Gasteiger partial charge in [-0.05, 0) is 17.2 Å². The Labute approximate surface area is 146 Å². The fraction of sp³-hybridized carbons (Fsp3) is 0.143. The van der Waals surface area contributed by atoms with Crippen molar-refractivity contribution in [2.24, 2.45) is 7.05 Å². The second-order valence-corrected chi connectivity index (χ2v) is 5.92. The lowest BCUT2D eigenvalue weighted by Gasteiger charge is -2.18. The Hall–Kier alpha value is -3.14. The summed E-state index contributed by atoms with van der Waals surface area (Å²) in [7, 11) is 1.70. The van der Waals surface area contributed by atoms with Gasteiger partial charge in [0.1, 0.15) is 0 Å². The minimum atomic E-state index is -0.407. The molecule has 0 aliphatic rings. The Bertz CT molecular complexity index is 862. The van der Waals surface area contributed by atoms with E-state index in [9.17, 15) is 9.59 Å². The van der Waals surface area contributed by atoms with Crippen molar-refractivity contribution in [3.8, 4) is 0 Å². The molecule has 0 atom stereocenters. The van der Waals surface area contributed by atoms with Crippen LogP contribution in [0.2, 0.25) is 0 Å². The van der Waals surface area contributed by atoms with Crippen molar-refractivity contribution in [1.82, 2.24) is 9.88 Å². The minimum Gasteiger partial charge on any atom is -0.351 e. The van der Waals surface area contributed by atoms with Crippen LogP contribution in [0.3, 0.4) is 0 Å². The van der Waals surface area contributed by atoms with Gasteiger partial charge in [0.2, 0.25) is 5.91 Å². The molecule has 4 heteroatoms. The number of hydrogen-bond donors (Lipinski definition) is 1. The van der Waals surface area contributed by atoms with Crippen molar-refractivity contribution in [1.29, 1.82) is 0 Å². The smallest absolute Gasteiger partial charge is 0.255 e. The molecule has 0 saturated heterocycles. The highest BCUT2D eigenvalue weighted by molar-refractivity contribution is 5.87. The second kappa shape index (κ2) is 7.62. The summed E-state index contributed by atoms with van der Waals surface area (Å²) in [4.78, 5) is 25.0. The van der Waals surface area contributed by atoms with E-state index in [1.807, 2.05) is 60.7 Å². The van der Waals surface area contributed by atoms with Gasteiger partial charge in [0.15, 0.2) is 0 Å². The van der Waals surface area contributed by atoms with E-state index in [4.69, 9.17) is 0 Å². The molecule has 3 rings (SSSR count). The van der Waals surface area contributed by atoms with Gasteiger partial charge >= 0.3 is 0 Å². The first-order valence-electron chi connectivity index (χ1n) is 8.19. The molecule has 4 nitrogen and oxygen atoms in total. The van der Waals surface area contributed by atoms with E-state index >= 15 is 0 Å². The van der Waals surface area contributed by atoms with Gasteiger partial charge in [-0.3, -0.25) is 9.59 Å². The van der Waals surface area contributed by atoms with Crippen LogP contribution in [0.15, 0.2) is 83.8 Å². The fourth-order valence-corrected chi connectivity index (χ4v) is 2.86. The van der Waals surface area contributed by atoms with Gasteiger partial charge in [0, 0.05) is 25.4 Å². The van der Waals surface area contributed by atoms with Gasteiger partial charge in [-0.25, -0.2) is 0 Å². The maximum atomic E-state index is 12.9. The Morgan fingerprint density at radius 2 is 1.48 bits per heavy atom. The number of nitrogens with one attached hydrogen (secondary N) is 1. The lowest BCUT2D eigenvalue weighted by Crippen LogP contribution is -2.32. The standard InChI is InChI=1S/C21H20N2O2/c1-23-14-8-13-18(21(23)25)15-22-20(24)19(16-9-4-2-5-10-16)17-11-6-3-7-12-17/h2-14,19H,15H2,1H3,(H,22,24). The predicted octanol–water partition coefficient (Wildman–Crippen LogP) is 2.83. The Morgan fingerprint density at radius 1 is 0.920 bits per heavy atom. The van der Waals surface area contributed by atoms with E-state index in [0.717, 1.165) is 11.1 Å². The number of aryl methyl sites for hydroxylation is 1. The molecule has 0 fully saturated rings. The summed E-state index contributed by atoms with van der Waals surface area (Å²) in [5.41, 5.74) is 2.32. The Balaban J connectivity index is 1.85. The number of benzene rings is 2. The first-order chi connectivity index (χ1) is 12.2. The fourth-order valence-electron chi connectivity index (χ4n) is 2.86. The molecule has 0 aliphatic heterocycles. The van der Waals surface area contributed by atoms with Crippen LogP contribution in [0.5, 0.6) is 0 Å². The van der Waals surface area contributed by atoms with Gasteiger partial charge in [-0.2, -0.15) is 0 Å². The number of nitrogens with zero attached hydrogens (tertiary/aromatic N) is 1. The van der Waals surface area contributed by atoms with E-state index in [1.165, 1.54) is 4.57 Å². The van der Waals surface area contributed by atoms with Crippen LogP contribution >= 0.6 is 0 Å². The quantitative estimate of drug-likeness (QED) is 0.781. The van der Waals surface area contributed by atoms with E-state index in [0.29, 0.717) is 5.56 Å². The predicted molar refractivity (Wildman–Crippen MR) is 98.3 cm³/mol. The van der Waals surface area contributed by atoms with E-state index < -0.39 is 5.92 Å². The monoisotopic (exact) mass is 332 g/mol. The van der Waals surface area contributed by atoms with Crippen molar-refractivity contribution in [2.75, 3.05) is 0 Å². The summed E-state index contributed by atoms with van der Waals surface area (Å²) in [6.07, 6.45) is 1.70. The molecule has 126 valence electrons. The van der Waals surface area contributed by atoms with Gasteiger partial charge in [0.05, 0.1) is 5.92 Å². The van der Waals surface area contributed by atoms with Crippen molar-refractivity contribution in [3.05, 3.63) is 106 Å². The molecule has 0 radical (unpaired) electrons. The molecule has 0 bridgehead atoms. The van der Waals surface area contributed by atoms with Crippen LogP contribution < -0.4 is 10.9 Å². The third kappa shape index (κ3) is 3.86. The summed E-state index contributed by atoms with van der Waals surface area (Å²) < 4.78 is 1.51. The highest BCUT2D eigenvalue weighted by Gasteiger charge is 2.22. The molecule has 1 aromatic heterocycles. The van der Waals surface area contributed by atoms with Crippen molar-refractivity contribution in [3.63, 3.8) is 0 Å². The molecule has 1 amide bonds. The van der Waals surface area contributed by atoms with Gasteiger partial charge in [-0.15, -0.1) is 0 Å². The number of carbonyl (C=O) groups is 1. The van der Waals surface area contributed by atoms with Crippen molar-refractivity contribution >= 4 is 5.91 Å². The summed E-state index contributed by atoms with van der Waals surface area (Å²) in [6.45, 7) is 0.211. The first-order valence-corrected chi connectivity index (χ1v) is 8.19. The number of aromatic nitrogens is 1. The average molecular weight is 332 g/mol. The lowest BCUT2D eigenvalue weighted by molar-refractivity contribution is -0.121. The second-order valence-electron chi connectivity index (χ2n) is 5.92. The topological polar surface area (TPSA) is 51.1 Å². The molecule has 1 heterocycles. The van der Waals surface area contributed by atoms with E-state index in [1.54, 1.807) is 25.4 Å². The van der Waals surface area contributed by atoms with E-state index in [-0.39, 0.29) is 18.0 Å². The van der Waals surface area contributed by atoms with Crippen molar-refractivity contribution < 1.29 is 4.79 Å². The van der Waals surface area contributed by atoms with Crippen LogP contribution in [0.4, 0.5) is 0 Å². The molecule has 0 spiro atoms. The highest BCUT2D eigenvalue weighted by Crippen LogP contribution is 2.24. The third-order valence-electron chi connectivity index (χ3n) is 4.18. The lowest BCUT2D eigenvalue weighted by atomic mass is 9.90. The largest absolute Gasteiger partial charge is 0.351 e. The number of hydrogen-bond acceptors (Lipinski definition) is 2. The average Bonchev–Trinajstić information content (AvgIpc) is 2.65. The number of carbonyl (C=O) groups excluding carboxylic acids is 1. The summed E-state index contributed by atoms with van der Waals surface area (Å²) in [5.74, 6) is -0.529. The van der Waals surface area contributed by atoms with Crippen LogP contribution in [0, 0.1) is 0 Å². The summed E-state index contributed by atoms with van der Waals surface area (Å²) in [6, 6.07) is 22.9. The molecule has 0 saturated carbocycles. The minimum absolute atomic E-state index is 0.0984. The zero-order valence-electron chi connectivity index (χ0n) is 14.1.